The minimum absolute atomic E-state index is 0.265. The predicted octanol–water partition coefficient (Wildman–Crippen LogP) is 3.18. The molecule has 0 heterocycles. The summed E-state index contributed by atoms with van der Waals surface area (Å²) in [5.74, 6) is 0.552. The highest BCUT2D eigenvalue weighted by Crippen LogP contribution is 2.25. The van der Waals surface area contributed by atoms with E-state index in [1.54, 1.807) is 0 Å². The fourth-order valence-corrected chi connectivity index (χ4v) is 3.33. The van der Waals surface area contributed by atoms with Gasteiger partial charge < -0.3 is 21.1 Å². The van der Waals surface area contributed by atoms with Gasteiger partial charge in [-0.1, -0.05) is 26.7 Å². The zero-order valence-corrected chi connectivity index (χ0v) is 15.7. The normalized spacial score (nSPS) is 22.7. The van der Waals surface area contributed by atoms with Crippen LogP contribution in [0.25, 0.3) is 0 Å². The van der Waals surface area contributed by atoms with Crippen molar-refractivity contribution in [2.24, 2.45) is 11.7 Å². The van der Waals surface area contributed by atoms with Crippen molar-refractivity contribution in [2.45, 2.75) is 90.3 Å². The molecule has 4 N–H and O–H groups in total. The van der Waals surface area contributed by atoms with Crippen molar-refractivity contribution >= 4 is 6.09 Å². The molecule has 2 atom stereocenters. The van der Waals surface area contributed by atoms with E-state index in [0.717, 1.165) is 25.9 Å². The first-order valence-electron chi connectivity index (χ1n) is 9.20. The lowest BCUT2D eigenvalue weighted by molar-refractivity contribution is 0.0441. The lowest BCUT2D eigenvalue weighted by atomic mass is 9.83. The number of ether oxygens (including phenoxy) is 1. The molecule has 2 unspecified atom stereocenters. The molecular weight excluding hydrogens is 290 g/mol. The average Bonchev–Trinajstić information content (AvgIpc) is 2.50. The Morgan fingerprint density at radius 2 is 1.78 bits per heavy atom. The minimum Gasteiger partial charge on any atom is -0.444 e. The Bertz CT molecular complexity index is 362. The molecule has 0 radical (unpaired) electrons. The molecule has 0 spiro atoms. The topological polar surface area (TPSA) is 76.4 Å². The van der Waals surface area contributed by atoms with Crippen molar-refractivity contribution in [3.8, 4) is 0 Å². The summed E-state index contributed by atoms with van der Waals surface area (Å²) in [6, 6.07) is 0.465. The molecule has 0 aliphatic heterocycles. The monoisotopic (exact) mass is 327 g/mol. The third kappa shape index (κ3) is 6.68. The number of amides is 1. The van der Waals surface area contributed by atoms with Gasteiger partial charge in [-0.3, -0.25) is 0 Å². The largest absolute Gasteiger partial charge is 0.444 e. The van der Waals surface area contributed by atoms with Crippen LogP contribution in [0.5, 0.6) is 0 Å². The Kier molecular flexibility index (Phi) is 7.81. The zero-order chi connectivity index (χ0) is 17.5. The molecule has 0 bridgehead atoms. The van der Waals surface area contributed by atoms with Crippen LogP contribution in [0.4, 0.5) is 4.79 Å². The summed E-state index contributed by atoms with van der Waals surface area (Å²) in [5.41, 5.74) is 5.18. The number of nitrogens with two attached hydrogens (primary N) is 1. The van der Waals surface area contributed by atoms with E-state index in [4.69, 9.17) is 10.5 Å². The van der Waals surface area contributed by atoms with Crippen molar-refractivity contribution in [3.63, 3.8) is 0 Å². The highest BCUT2D eigenvalue weighted by atomic mass is 16.6. The number of carbonyl (C=O) groups is 1. The van der Waals surface area contributed by atoms with Gasteiger partial charge in [-0.25, -0.2) is 4.79 Å². The van der Waals surface area contributed by atoms with Gasteiger partial charge in [0.05, 0.1) is 5.54 Å². The summed E-state index contributed by atoms with van der Waals surface area (Å²) < 4.78 is 5.43. The molecule has 5 heteroatoms. The Labute approximate surface area is 142 Å². The third-order valence-corrected chi connectivity index (χ3v) is 5.03. The number of hydrogen-bond acceptors (Lipinski definition) is 4. The lowest BCUT2D eigenvalue weighted by Crippen LogP contribution is -2.57. The van der Waals surface area contributed by atoms with Gasteiger partial charge in [0.2, 0.25) is 0 Å². The van der Waals surface area contributed by atoms with Crippen molar-refractivity contribution in [2.75, 3.05) is 13.1 Å². The lowest BCUT2D eigenvalue weighted by Gasteiger charge is -2.38. The minimum atomic E-state index is -0.473. The summed E-state index contributed by atoms with van der Waals surface area (Å²) in [6.07, 6.45) is 6.34. The molecule has 1 saturated carbocycles. The SMILES string of the molecule is CCC(CC)(CNC1CCCCC1CN)NC(=O)OC(C)(C)C. The maximum Gasteiger partial charge on any atom is 0.408 e. The maximum absolute atomic E-state index is 12.2. The van der Waals surface area contributed by atoms with Gasteiger partial charge in [-0.15, -0.1) is 0 Å². The van der Waals surface area contributed by atoms with Crippen molar-refractivity contribution in [1.82, 2.24) is 10.6 Å². The molecular formula is C18H37N3O2. The first kappa shape index (κ1) is 20.2. The Hall–Kier alpha value is -0.810. The molecule has 0 aromatic heterocycles. The van der Waals surface area contributed by atoms with Crippen LogP contribution in [0.15, 0.2) is 0 Å². The summed E-state index contributed by atoms with van der Waals surface area (Å²) in [7, 11) is 0. The number of hydrogen-bond donors (Lipinski definition) is 3. The first-order valence-corrected chi connectivity index (χ1v) is 9.20. The summed E-state index contributed by atoms with van der Waals surface area (Å²) >= 11 is 0. The second-order valence-electron chi connectivity index (χ2n) is 7.88. The van der Waals surface area contributed by atoms with Gasteiger partial charge >= 0.3 is 6.09 Å². The van der Waals surface area contributed by atoms with E-state index in [2.05, 4.69) is 24.5 Å². The molecule has 1 fully saturated rings. The smallest absolute Gasteiger partial charge is 0.408 e. The van der Waals surface area contributed by atoms with Crippen molar-refractivity contribution in [1.29, 1.82) is 0 Å². The summed E-state index contributed by atoms with van der Waals surface area (Å²) in [4.78, 5) is 12.2. The molecule has 5 nitrogen and oxygen atoms in total. The van der Waals surface area contributed by atoms with E-state index < -0.39 is 5.60 Å². The standard InChI is InChI=1S/C18H37N3O2/c1-6-18(7-2,21-16(22)23-17(3,4)5)13-20-15-11-9-8-10-14(15)12-19/h14-15,20H,6-13,19H2,1-5H3,(H,21,22). The average molecular weight is 328 g/mol. The van der Waals surface area contributed by atoms with Gasteiger partial charge in [0.15, 0.2) is 0 Å². The van der Waals surface area contributed by atoms with Gasteiger partial charge in [-0.2, -0.15) is 0 Å². The quantitative estimate of drug-likeness (QED) is 0.671. The molecule has 23 heavy (non-hydrogen) atoms. The van der Waals surface area contributed by atoms with Crippen LogP contribution in [0.1, 0.15) is 73.1 Å². The second-order valence-corrected chi connectivity index (χ2v) is 7.88. The van der Waals surface area contributed by atoms with Crippen molar-refractivity contribution < 1.29 is 9.53 Å². The molecule has 0 saturated heterocycles. The Balaban J connectivity index is 2.63. The number of nitrogens with one attached hydrogen (secondary N) is 2. The molecule has 1 rings (SSSR count). The number of carbonyl (C=O) groups excluding carboxylic acids is 1. The van der Waals surface area contributed by atoms with Gasteiger partial charge in [0, 0.05) is 12.6 Å². The first-order chi connectivity index (χ1) is 10.7. The second kappa shape index (κ2) is 8.88. The van der Waals surface area contributed by atoms with E-state index in [1.165, 1.54) is 25.7 Å². The third-order valence-electron chi connectivity index (χ3n) is 5.03. The number of alkyl carbamates (subject to hydrolysis) is 1. The number of rotatable bonds is 7. The van der Waals surface area contributed by atoms with E-state index >= 15 is 0 Å². The maximum atomic E-state index is 12.2. The molecule has 0 aromatic carbocycles. The zero-order valence-electron chi connectivity index (χ0n) is 15.7. The summed E-state index contributed by atoms with van der Waals surface area (Å²) in [6.45, 7) is 11.4. The summed E-state index contributed by atoms with van der Waals surface area (Å²) in [5, 5.41) is 6.79. The highest BCUT2D eigenvalue weighted by molar-refractivity contribution is 5.68. The highest BCUT2D eigenvalue weighted by Gasteiger charge is 2.32. The van der Waals surface area contributed by atoms with Gasteiger partial charge in [0.25, 0.3) is 0 Å². The fourth-order valence-electron chi connectivity index (χ4n) is 3.33. The van der Waals surface area contributed by atoms with Crippen LogP contribution in [0.3, 0.4) is 0 Å². The van der Waals surface area contributed by atoms with E-state index in [1.807, 2.05) is 20.8 Å². The molecule has 0 aromatic rings. The van der Waals surface area contributed by atoms with E-state index in [-0.39, 0.29) is 11.6 Å². The van der Waals surface area contributed by atoms with Crippen molar-refractivity contribution in [3.05, 3.63) is 0 Å². The molecule has 1 amide bonds. The van der Waals surface area contributed by atoms with Gasteiger partial charge in [-0.05, 0) is 58.9 Å². The van der Waals surface area contributed by atoms with Crippen LogP contribution >= 0.6 is 0 Å². The van der Waals surface area contributed by atoms with Crippen LogP contribution in [0.2, 0.25) is 0 Å². The predicted molar refractivity (Wildman–Crippen MR) is 95.5 cm³/mol. The molecule has 1 aliphatic rings. The van der Waals surface area contributed by atoms with Gasteiger partial charge in [0.1, 0.15) is 5.60 Å². The van der Waals surface area contributed by atoms with Crippen LogP contribution in [-0.4, -0.2) is 36.4 Å². The van der Waals surface area contributed by atoms with E-state index in [9.17, 15) is 4.79 Å². The molecule has 1 aliphatic carbocycles. The van der Waals surface area contributed by atoms with Crippen LogP contribution in [-0.2, 0) is 4.74 Å². The fraction of sp³-hybridized carbons (Fsp3) is 0.944. The van der Waals surface area contributed by atoms with Crippen LogP contribution < -0.4 is 16.4 Å². The van der Waals surface area contributed by atoms with E-state index in [0.29, 0.717) is 12.0 Å². The van der Waals surface area contributed by atoms with Crippen LogP contribution in [0, 0.1) is 5.92 Å². The Morgan fingerprint density at radius 3 is 2.30 bits per heavy atom. The molecule has 136 valence electrons. The Morgan fingerprint density at radius 1 is 1.17 bits per heavy atom.